The molecule has 1 aliphatic heterocycles. The van der Waals surface area contributed by atoms with E-state index in [-0.39, 0.29) is 25.0 Å². The van der Waals surface area contributed by atoms with Crippen molar-refractivity contribution in [2.75, 3.05) is 13.2 Å². The number of carbonyl (C=O) groups excluding carboxylic acids is 2. The zero-order valence-electron chi connectivity index (χ0n) is 5.26. The Balaban J connectivity index is 2.53. The van der Waals surface area contributed by atoms with Gasteiger partial charge >= 0.3 is 0 Å². The minimum absolute atomic E-state index is 0.00926. The Kier molecular flexibility index (Phi) is 1.86. The van der Waals surface area contributed by atoms with Gasteiger partial charge in [-0.2, -0.15) is 0 Å². The lowest BCUT2D eigenvalue weighted by molar-refractivity contribution is -0.134. The van der Waals surface area contributed by atoms with E-state index in [1.54, 1.807) is 0 Å². The highest BCUT2D eigenvalue weighted by atomic mass is 16.3. The Morgan fingerprint density at radius 3 is 2.80 bits per heavy atom. The molecular weight excluding hydrogens is 136 g/mol. The molecule has 0 aromatic heterocycles. The second-order valence-electron chi connectivity index (χ2n) is 2.02. The lowest BCUT2D eigenvalue weighted by Gasteiger charge is -2.20. The molecule has 56 valence electrons. The number of nitrogens with one attached hydrogen (secondary N) is 2. The molecule has 0 saturated carbocycles. The quantitative estimate of drug-likeness (QED) is 0.383. The van der Waals surface area contributed by atoms with E-state index in [9.17, 15) is 9.59 Å². The average molecular weight is 144 g/mol. The Labute approximate surface area is 57.4 Å². The molecule has 0 aromatic carbocycles. The zero-order chi connectivity index (χ0) is 7.56. The Morgan fingerprint density at radius 1 is 1.60 bits per heavy atom. The third-order valence-corrected chi connectivity index (χ3v) is 1.26. The topological polar surface area (TPSA) is 78.4 Å². The first-order chi connectivity index (χ1) is 4.74. The molecule has 3 N–H and O–H groups in total. The molecule has 0 spiro atoms. The van der Waals surface area contributed by atoms with Crippen molar-refractivity contribution in [2.45, 2.75) is 6.04 Å². The summed E-state index contributed by atoms with van der Waals surface area (Å²) in [6, 6.07) is -0.763. The maximum atomic E-state index is 10.7. The fraction of sp³-hybridized carbons (Fsp3) is 0.600. The van der Waals surface area contributed by atoms with Gasteiger partial charge in [0.2, 0.25) is 11.8 Å². The van der Waals surface area contributed by atoms with Crippen molar-refractivity contribution in [2.24, 2.45) is 0 Å². The first-order valence-corrected chi connectivity index (χ1v) is 2.92. The molecule has 1 rings (SSSR count). The van der Waals surface area contributed by atoms with Gasteiger partial charge in [0.05, 0.1) is 13.2 Å². The molecule has 5 heteroatoms. The van der Waals surface area contributed by atoms with Crippen LogP contribution >= 0.6 is 0 Å². The van der Waals surface area contributed by atoms with E-state index in [2.05, 4.69) is 10.6 Å². The van der Waals surface area contributed by atoms with Crippen LogP contribution in [-0.4, -0.2) is 36.1 Å². The first-order valence-electron chi connectivity index (χ1n) is 2.92. The fourth-order valence-corrected chi connectivity index (χ4v) is 0.730. The van der Waals surface area contributed by atoms with Crippen LogP contribution in [0.1, 0.15) is 0 Å². The van der Waals surface area contributed by atoms with Crippen molar-refractivity contribution in [1.29, 1.82) is 0 Å². The van der Waals surface area contributed by atoms with Crippen molar-refractivity contribution in [3.05, 3.63) is 0 Å². The summed E-state index contributed by atoms with van der Waals surface area (Å²) in [5, 5.41) is 13.1. The molecule has 2 amide bonds. The molecule has 0 aliphatic carbocycles. The van der Waals surface area contributed by atoms with Crippen LogP contribution in [-0.2, 0) is 9.59 Å². The molecule has 0 radical (unpaired) electrons. The number of aliphatic hydroxyl groups is 1. The van der Waals surface area contributed by atoms with Crippen LogP contribution < -0.4 is 10.6 Å². The maximum Gasteiger partial charge on any atom is 0.245 e. The molecule has 5 nitrogen and oxygen atoms in total. The number of hydrogen-bond donors (Lipinski definition) is 3. The highest BCUT2D eigenvalue weighted by molar-refractivity contribution is 5.94. The Hall–Kier alpha value is -1.10. The summed E-state index contributed by atoms with van der Waals surface area (Å²) in [6.45, 7) is -0.340. The molecule has 0 bridgehead atoms. The van der Waals surface area contributed by atoms with Crippen molar-refractivity contribution in [3.63, 3.8) is 0 Å². The van der Waals surface area contributed by atoms with Gasteiger partial charge in [0.15, 0.2) is 0 Å². The first kappa shape index (κ1) is 7.01. The number of hydrogen-bond acceptors (Lipinski definition) is 3. The van der Waals surface area contributed by atoms with Gasteiger partial charge in [-0.15, -0.1) is 0 Å². The predicted octanol–water partition coefficient (Wildman–Crippen LogP) is -2.41. The van der Waals surface area contributed by atoms with E-state index in [1.165, 1.54) is 0 Å². The SMILES string of the molecule is O=C1CNC(=O)[C@H](CO)N1. The number of aliphatic hydroxyl groups excluding tert-OH is 1. The summed E-state index contributed by atoms with van der Waals surface area (Å²) in [7, 11) is 0. The molecule has 1 heterocycles. The van der Waals surface area contributed by atoms with E-state index in [0.29, 0.717) is 0 Å². The van der Waals surface area contributed by atoms with Gasteiger partial charge in [0, 0.05) is 0 Å². The van der Waals surface area contributed by atoms with Crippen molar-refractivity contribution in [3.8, 4) is 0 Å². The lowest BCUT2D eigenvalue weighted by Crippen LogP contribution is -2.57. The molecule has 10 heavy (non-hydrogen) atoms. The van der Waals surface area contributed by atoms with Crippen molar-refractivity contribution >= 4 is 11.8 Å². The van der Waals surface area contributed by atoms with E-state index in [1.807, 2.05) is 0 Å². The van der Waals surface area contributed by atoms with Crippen LogP contribution in [0.2, 0.25) is 0 Å². The third-order valence-electron chi connectivity index (χ3n) is 1.26. The van der Waals surface area contributed by atoms with Gasteiger partial charge < -0.3 is 15.7 Å². The average Bonchev–Trinajstić information content (AvgIpc) is 1.94. The van der Waals surface area contributed by atoms with E-state index < -0.39 is 6.04 Å². The minimum atomic E-state index is -0.763. The Bertz CT molecular complexity index is 168. The highest BCUT2D eigenvalue weighted by Crippen LogP contribution is 1.87. The van der Waals surface area contributed by atoms with Gasteiger partial charge in [-0.1, -0.05) is 0 Å². The summed E-state index contributed by atoms with van der Waals surface area (Å²) in [5.41, 5.74) is 0. The molecule has 0 unspecified atom stereocenters. The molecule has 1 saturated heterocycles. The van der Waals surface area contributed by atoms with Gasteiger partial charge in [0.1, 0.15) is 6.04 Å². The van der Waals surface area contributed by atoms with Crippen LogP contribution in [0, 0.1) is 0 Å². The molecule has 1 atom stereocenters. The monoisotopic (exact) mass is 144 g/mol. The van der Waals surface area contributed by atoms with Crippen molar-refractivity contribution in [1.82, 2.24) is 10.6 Å². The summed E-state index contributed by atoms with van der Waals surface area (Å²) >= 11 is 0. The van der Waals surface area contributed by atoms with Crippen LogP contribution in [0.15, 0.2) is 0 Å². The lowest BCUT2D eigenvalue weighted by atomic mass is 10.2. The largest absolute Gasteiger partial charge is 0.394 e. The van der Waals surface area contributed by atoms with Crippen LogP contribution in [0.25, 0.3) is 0 Å². The van der Waals surface area contributed by atoms with Gasteiger partial charge in [-0.05, 0) is 0 Å². The number of rotatable bonds is 1. The van der Waals surface area contributed by atoms with E-state index >= 15 is 0 Å². The predicted molar refractivity (Wildman–Crippen MR) is 32.0 cm³/mol. The highest BCUT2D eigenvalue weighted by Gasteiger charge is 2.24. The Morgan fingerprint density at radius 2 is 2.30 bits per heavy atom. The molecule has 1 fully saturated rings. The van der Waals surface area contributed by atoms with Crippen LogP contribution in [0.4, 0.5) is 0 Å². The van der Waals surface area contributed by atoms with Crippen molar-refractivity contribution < 1.29 is 14.7 Å². The van der Waals surface area contributed by atoms with Crippen LogP contribution in [0.3, 0.4) is 0 Å². The summed E-state index contributed by atoms with van der Waals surface area (Å²) in [5.74, 6) is -0.597. The van der Waals surface area contributed by atoms with Gasteiger partial charge in [0.25, 0.3) is 0 Å². The standard InChI is InChI=1S/C5H8N2O3/c8-2-3-5(10)6-1-4(9)7-3/h3,8H,1-2H2,(H,6,10)(H,7,9)/t3-/m0/s1. The number of piperazine rings is 1. The molecule has 1 aliphatic rings. The summed E-state index contributed by atoms with van der Waals surface area (Å²) in [6.07, 6.45) is 0. The summed E-state index contributed by atoms with van der Waals surface area (Å²) < 4.78 is 0. The second-order valence-corrected chi connectivity index (χ2v) is 2.02. The van der Waals surface area contributed by atoms with Crippen LogP contribution in [0.5, 0.6) is 0 Å². The maximum absolute atomic E-state index is 10.7. The molecular formula is C5H8N2O3. The zero-order valence-corrected chi connectivity index (χ0v) is 5.26. The van der Waals surface area contributed by atoms with E-state index in [4.69, 9.17) is 5.11 Å². The third kappa shape index (κ3) is 1.24. The van der Waals surface area contributed by atoms with Gasteiger partial charge in [-0.25, -0.2) is 0 Å². The number of carbonyl (C=O) groups is 2. The van der Waals surface area contributed by atoms with Gasteiger partial charge in [-0.3, -0.25) is 9.59 Å². The molecule has 0 aromatic rings. The smallest absolute Gasteiger partial charge is 0.245 e. The van der Waals surface area contributed by atoms with E-state index in [0.717, 1.165) is 0 Å². The second kappa shape index (κ2) is 2.66. The number of amides is 2. The normalized spacial score (nSPS) is 25.5. The minimum Gasteiger partial charge on any atom is -0.394 e. The summed E-state index contributed by atoms with van der Waals surface area (Å²) in [4.78, 5) is 21.2. The fourth-order valence-electron chi connectivity index (χ4n) is 0.730.